The SMILES string of the molecule is O=c1[nH]ncn1Cc1ccc(-c2cnn(C3CCNCC3)c2)s1. The van der Waals surface area contributed by atoms with Gasteiger partial charge in [-0.25, -0.2) is 9.89 Å². The summed E-state index contributed by atoms with van der Waals surface area (Å²) in [7, 11) is 0. The van der Waals surface area contributed by atoms with Gasteiger partial charge in [0.15, 0.2) is 0 Å². The monoisotopic (exact) mass is 330 g/mol. The minimum atomic E-state index is -0.182. The molecular formula is C15H18N6OS. The number of piperidine rings is 1. The van der Waals surface area contributed by atoms with Crippen LogP contribution in [0.2, 0.25) is 0 Å². The molecule has 2 N–H and O–H groups in total. The fraction of sp³-hybridized carbons (Fsp3) is 0.400. The summed E-state index contributed by atoms with van der Waals surface area (Å²) >= 11 is 1.69. The maximum Gasteiger partial charge on any atom is 0.343 e. The largest absolute Gasteiger partial charge is 0.343 e. The van der Waals surface area contributed by atoms with Crippen molar-refractivity contribution in [1.82, 2.24) is 29.9 Å². The maximum absolute atomic E-state index is 11.5. The number of nitrogens with one attached hydrogen (secondary N) is 2. The normalized spacial score (nSPS) is 16.0. The third kappa shape index (κ3) is 2.99. The molecule has 1 aliphatic rings. The summed E-state index contributed by atoms with van der Waals surface area (Å²) in [6, 6.07) is 4.64. The number of aromatic nitrogens is 5. The molecule has 8 heteroatoms. The standard InChI is InChI=1S/C15H18N6OS/c22-15-19-17-10-20(15)9-13-1-2-14(23-13)11-7-18-21(8-11)12-3-5-16-6-4-12/h1-2,7-8,10,12,16H,3-6,9H2,(H,19,22). The second-order valence-corrected chi connectivity index (χ2v) is 6.91. The van der Waals surface area contributed by atoms with Gasteiger partial charge in [0.1, 0.15) is 6.33 Å². The van der Waals surface area contributed by atoms with Crippen LogP contribution in [0.3, 0.4) is 0 Å². The molecule has 3 aromatic rings. The fourth-order valence-corrected chi connectivity index (χ4v) is 3.89. The Morgan fingerprint density at radius 2 is 2.17 bits per heavy atom. The van der Waals surface area contributed by atoms with Gasteiger partial charge >= 0.3 is 5.69 Å². The van der Waals surface area contributed by atoms with E-state index in [1.807, 2.05) is 6.20 Å². The molecule has 0 unspecified atom stereocenters. The molecule has 0 spiro atoms. The van der Waals surface area contributed by atoms with Gasteiger partial charge in [0.25, 0.3) is 0 Å². The van der Waals surface area contributed by atoms with Crippen molar-refractivity contribution in [2.45, 2.75) is 25.4 Å². The number of aromatic amines is 1. The molecule has 0 saturated carbocycles. The predicted molar refractivity (Wildman–Crippen MR) is 88.6 cm³/mol. The molecule has 1 aliphatic heterocycles. The van der Waals surface area contributed by atoms with Crippen LogP contribution in [0.1, 0.15) is 23.8 Å². The lowest BCUT2D eigenvalue weighted by molar-refractivity contribution is 0.343. The van der Waals surface area contributed by atoms with E-state index in [2.05, 4.69) is 43.6 Å². The van der Waals surface area contributed by atoms with Crippen LogP contribution in [0.5, 0.6) is 0 Å². The third-order valence-corrected chi connectivity index (χ3v) is 5.29. The molecule has 0 atom stereocenters. The number of thiophene rings is 1. The average Bonchev–Trinajstić information content (AvgIpc) is 3.30. The molecule has 4 heterocycles. The summed E-state index contributed by atoms with van der Waals surface area (Å²) in [5, 5.41) is 14.1. The lowest BCUT2D eigenvalue weighted by atomic mass is 10.1. The Balaban J connectivity index is 1.51. The zero-order chi connectivity index (χ0) is 15.6. The number of nitrogens with zero attached hydrogens (tertiary/aromatic N) is 4. The third-order valence-electron chi connectivity index (χ3n) is 4.17. The maximum atomic E-state index is 11.5. The van der Waals surface area contributed by atoms with Crippen molar-refractivity contribution in [3.8, 4) is 10.4 Å². The van der Waals surface area contributed by atoms with Crippen LogP contribution in [0, 0.1) is 0 Å². The van der Waals surface area contributed by atoms with Crippen molar-refractivity contribution in [1.29, 1.82) is 0 Å². The van der Waals surface area contributed by atoms with Gasteiger partial charge in [-0.1, -0.05) is 0 Å². The molecule has 1 saturated heterocycles. The highest BCUT2D eigenvalue weighted by molar-refractivity contribution is 7.15. The highest BCUT2D eigenvalue weighted by Crippen LogP contribution is 2.29. The van der Waals surface area contributed by atoms with Crippen molar-refractivity contribution in [2.24, 2.45) is 0 Å². The van der Waals surface area contributed by atoms with E-state index in [0.29, 0.717) is 12.6 Å². The van der Waals surface area contributed by atoms with E-state index < -0.39 is 0 Å². The molecular weight excluding hydrogens is 312 g/mol. The van der Waals surface area contributed by atoms with Crippen molar-refractivity contribution < 1.29 is 0 Å². The van der Waals surface area contributed by atoms with Crippen LogP contribution in [0.15, 0.2) is 35.6 Å². The summed E-state index contributed by atoms with van der Waals surface area (Å²) in [6.45, 7) is 2.66. The zero-order valence-electron chi connectivity index (χ0n) is 12.6. The van der Waals surface area contributed by atoms with E-state index >= 15 is 0 Å². The van der Waals surface area contributed by atoms with E-state index in [9.17, 15) is 4.79 Å². The Labute approximate surface area is 137 Å². The smallest absolute Gasteiger partial charge is 0.317 e. The Morgan fingerprint density at radius 3 is 2.96 bits per heavy atom. The summed E-state index contributed by atoms with van der Waals surface area (Å²) in [4.78, 5) is 13.8. The van der Waals surface area contributed by atoms with Gasteiger partial charge in [0.05, 0.1) is 18.8 Å². The van der Waals surface area contributed by atoms with Crippen molar-refractivity contribution in [3.05, 3.63) is 46.2 Å². The molecule has 7 nitrogen and oxygen atoms in total. The molecule has 120 valence electrons. The molecule has 1 fully saturated rings. The van der Waals surface area contributed by atoms with Gasteiger partial charge in [0, 0.05) is 21.5 Å². The second kappa shape index (κ2) is 6.13. The number of H-pyrrole nitrogens is 1. The van der Waals surface area contributed by atoms with Gasteiger partial charge in [-0.2, -0.15) is 10.2 Å². The topological polar surface area (TPSA) is 80.5 Å². The molecule has 0 aromatic carbocycles. The number of hydrogen-bond donors (Lipinski definition) is 2. The quantitative estimate of drug-likeness (QED) is 0.759. The molecule has 4 rings (SSSR count). The molecule has 3 aromatic heterocycles. The van der Waals surface area contributed by atoms with E-state index in [-0.39, 0.29) is 5.69 Å². The zero-order valence-corrected chi connectivity index (χ0v) is 13.4. The van der Waals surface area contributed by atoms with Crippen LogP contribution >= 0.6 is 11.3 Å². The van der Waals surface area contributed by atoms with E-state index in [0.717, 1.165) is 36.4 Å². The summed E-state index contributed by atoms with van der Waals surface area (Å²) in [5.41, 5.74) is 0.956. The van der Waals surface area contributed by atoms with Crippen molar-refractivity contribution in [2.75, 3.05) is 13.1 Å². The molecule has 0 aliphatic carbocycles. The van der Waals surface area contributed by atoms with Crippen LogP contribution in [-0.2, 0) is 6.54 Å². The van der Waals surface area contributed by atoms with E-state index in [1.54, 1.807) is 15.9 Å². The van der Waals surface area contributed by atoms with Crippen LogP contribution in [0.25, 0.3) is 10.4 Å². The van der Waals surface area contributed by atoms with Crippen molar-refractivity contribution in [3.63, 3.8) is 0 Å². The predicted octanol–water partition coefficient (Wildman–Crippen LogP) is 1.47. The number of hydrogen-bond acceptors (Lipinski definition) is 5. The molecule has 23 heavy (non-hydrogen) atoms. The van der Waals surface area contributed by atoms with Gasteiger partial charge in [-0.15, -0.1) is 11.3 Å². The van der Waals surface area contributed by atoms with Crippen LogP contribution < -0.4 is 11.0 Å². The second-order valence-electron chi connectivity index (χ2n) is 5.75. The van der Waals surface area contributed by atoms with Gasteiger partial charge in [0.2, 0.25) is 0 Å². The van der Waals surface area contributed by atoms with Crippen LogP contribution in [-0.4, -0.2) is 37.6 Å². The first kappa shape index (κ1) is 14.4. The first-order chi connectivity index (χ1) is 11.3. The Morgan fingerprint density at radius 1 is 1.30 bits per heavy atom. The van der Waals surface area contributed by atoms with Gasteiger partial charge in [-0.05, 0) is 38.1 Å². The minimum Gasteiger partial charge on any atom is -0.317 e. The molecule has 0 amide bonds. The lowest BCUT2D eigenvalue weighted by Gasteiger charge is -2.22. The summed E-state index contributed by atoms with van der Waals surface area (Å²) < 4.78 is 3.66. The van der Waals surface area contributed by atoms with E-state index in [4.69, 9.17) is 0 Å². The minimum absolute atomic E-state index is 0.182. The molecule has 0 radical (unpaired) electrons. The Hall–Kier alpha value is -2.19. The highest BCUT2D eigenvalue weighted by Gasteiger charge is 2.16. The van der Waals surface area contributed by atoms with Gasteiger partial charge < -0.3 is 5.32 Å². The van der Waals surface area contributed by atoms with Gasteiger partial charge in [-0.3, -0.25) is 9.25 Å². The lowest BCUT2D eigenvalue weighted by Crippen LogP contribution is -2.29. The Bertz CT molecular complexity index is 838. The van der Waals surface area contributed by atoms with Crippen LogP contribution in [0.4, 0.5) is 0 Å². The van der Waals surface area contributed by atoms with E-state index in [1.165, 1.54) is 11.2 Å². The van der Waals surface area contributed by atoms with Crippen molar-refractivity contribution >= 4 is 11.3 Å². The first-order valence-electron chi connectivity index (χ1n) is 7.73. The summed E-state index contributed by atoms with van der Waals surface area (Å²) in [5.74, 6) is 0. The highest BCUT2D eigenvalue weighted by atomic mass is 32.1. The summed E-state index contributed by atoms with van der Waals surface area (Å²) in [6.07, 6.45) is 7.84. The first-order valence-corrected chi connectivity index (χ1v) is 8.55. The number of rotatable bonds is 4. The molecule has 0 bridgehead atoms. The fourth-order valence-electron chi connectivity index (χ4n) is 2.91. The Kier molecular flexibility index (Phi) is 3.84. The average molecular weight is 330 g/mol.